The summed E-state index contributed by atoms with van der Waals surface area (Å²) in [6.07, 6.45) is 1.52. The highest BCUT2D eigenvalue weighted by Crippen LogP contribution is 2.30. The zero-order chi connectivity index (χ0) is 18.4. The van der Waals surface area contributed by atoms with E-state index in [1.165, 1.54) is 0 Å². The predicted molar refractivity (Wildman–Crippen MR) is 92.7 cm³/mol. The number of benzene rings is 1. The normalized spacial score (nSPS) is 18.7. The minimum atomic E-state index is -0.345. The van der Waals surface area contributed by atoms with Gasteiger partial charge in [-0.25, -0.2) is 0 Å². The van der Waals surface area contributed by atoms with E-state index in [0.29, 0.717) is 49.7 Å². The van der Waals surface area contributed by atoms with Gasteiger partial charge in [0, 0.05) is 53.7 Å². The lowest BCUT2D eigenvalue weighted by molar-refractivity contribution is -0.146. The number of rotatable bonds is 4. The van der Waals surface area contributed by atoms with E-state index in [4.69, 9.17) is 20.5 Å². The number of azide groups is 2. The van der Waals surface area contributed by atoms with Crippen LogP contribution in [0.4, 0.5) is 5.69 Å². The van der Waals surface area contributed by atoms with E-state index in [-0.39, 0.29) is 18.1 Å². The summed E-state index contributed by atoms with van der Waals surface area (Å²) in [5.74, 6) is -0.156. The minimum Gasteiger partial charge on any atom is -0.381 e. The second kappa shape index (κ2) is 8.07. The summed E-state index contributed by atoms with van der Waals surface area (Å²) >= 11 is 0. The first-order valence-electron chi connectivity index (χ1n) is 8.37. The number of carbonyl (C=O) groups excluding carboxylic acids is 1. The van der Waals surface area contributed by atoms with E-state index in [9.17, 15) is 4.79 Å². The Kier molecular flexibility index (Phi) is 5.60. The standard InChI is InChI=1S/C16H19N7O3/c17-21-19-10-12-7-13(9-14(8-12)20-22-18)15(24)23-3-6-26-16(11-23)1-4-25-5-2-16/h7-9H,1-6,10-11H2. The molecule has 3 rings (SSSR count). The Labute approximate surface area is 149 Å². The van der Waals surface area contributed by atoms with E-state index >= 15 is 0 Å². The van der Waals surface area contributed by atoms with Crippen LogP contribution < -0.4 is 0 Å². The zero-order valence-corrected chi connectivity index (χ0v) is 14.2. The molecule has 10 heteroatoms. The Morgan fingerprint density at radius 2 is 2.00 bits per heavy atom. The first-order chi connectivity index (χ1) is 12.7. The lowest BCUT2D eigenvalue weighted by atomic mass is 9.91. The predicted octanol–water partition coefficient (Wildman–Crippen LogP) is 3.46. The van der Waals surface area contributed by atoms with Gasteiger partial charge in [0.1, 0.15) is 0 Å². The Bertz CT molecular complexity index is 773. The maximum absolute atomic E-state index is 13.0. The van der Waals surface area contributed by atoms with Crippen LogP contribution in [0.25, 0.3) is 20.9 Å². The maximum Gasteiger partial charge on any atom is 0.254 e. The number of hydrogen-bond donors (Lipinski definition) is 0. The molecule has 0 aliphatic carbocycles. The van der Waals surface area contributed by atoms with Crippen molar-refractivity contribution >= 4 is 11.6 Å². The summed E-state index contributed by atoms with van der Waals surface area (Å²) in [6.45, 7) is 2.82. The summed E-state index contributed by atoms with van der Waals surface area (Å²) in [6, 6.07) is 4.82. The summed E-state index contributed by atoms with van der Waals surface area (Å²) in [5, 5.41) is 7.09. The maximum atomic E-state index is 13.0. The van der Waals surface area contributed by atoms with E-state index in [2.05, 4.69) is 20.1 Å². The molecule has 0 atom stereocenters. The Morgan fingerprint density at radius 3 is 2.73 bits per heavy atom. The van der Waals surface area contributed by atoms with Crippen LogP contribution in [0.3, 0.4) is 0 Å². The van der Waals surface area contributed by atoms with Crippen molar-refractivity contribution < 1.29 is 14.3 Å². The molecule has 0 N–H and O–H groups in total. The zero-order valence-electron chi connectivity index (χ0n) is 14.2. The number of hydrogen-bond acceptors (Lipinski definition) is 5. The molecule has 0 saturated carbocycles. The second-order valence-corrected chi connectivity index (χ2v) is 6.34. The van der Waals surface area contributed by atoms with E-state index in [0.717, 1.165) is 12.8 Å². The largest absolute Gasteiger partial charge is 0.381 e. The minimum absolute atomic E-state index is 0.0793. The molecule has 1 spiro atoms. The SMILES string of the molecule is [N-]=[N+]=NCc1cc(N=[N+]=[N-])cc(C(=O)N2CCOC3(CCOCC3)C2)c1. The lowest BCUT2D eigenvalue weighted by Gasteiger charge is -2.44. The van der Waals surface area contributed by atoms with Crippen molar-refractivity contribution in [3.63, 3.8) is 0 Å². The summed E-state index contributed by atoms with van der Waals surface area (Å²) < 4.78 is 11.4. The highest BCUT2D eigenvalue weighted by molar-refractivity contribution is 5.95. The van der Waals surface area contributed by atoms with Crippen molar-refractivity contribution in [2.24, 2.45) is 10.2 Å². The van der Waals surface area contributed by atoms with Gasteiger partial charge >= 0.3 is 0 Å². The van der Waals surface area contributed by atoms with Gasteiger partial charge in [0.2, 0.25) is 0 Å². The molecule has 2 saturated heterocycles. The summed E-state index contributed by atoms with van der Waals surface area (Å²) in [4.78, 5) is 20.3. The third-order valence-corrected chi connectivity index (χ3v) is 4.64. The fourth-order valence-corrected chi connectivity index (χ4v) is 3.36. The van der Waals surface area contributed by atoms with Gasteiger partial charge in [-0.1, -0.05) is 10.2 Å². The van der Waals surface area contributed by atoms with Crippen molar-refractivity contribution in [1.29, 1.82) is 0 Å². The van der Waals surface area contributed by atoms with E-state index < -0.39 is 0 Å². The average molecular weight is 357 g/mol. The van der Waals surface area contributed by atoms with Crippen LogP contribution in [0.15, 0.2) is 28.4 Å². The molecule has 1 amide bonds. The van der Waals surface area contributed by atoms with Crippen molar-refractivity contribution in [1.82, 2.24) is 4.90 Å². The average Bonchev–Trinajstić information content (AvgIpc) is 2.66. The van der Waals surface area contributed by atoms with Gasteiger partial charge in [-0.15, -0.1) is 0 Å². The molecule has 0 bridgehead atoms. The van der Waals surface area contributed by atoms with Crippen LogP contribution >= 0.6 is 0 Å². The number of carbonyl (C=O) groups is 1. The number of ether oxygens (including phenoxy) is 2. The smallest absolute Gasteiger partial charge is 0.254 e. The van der Waals surface area contributed by atoms with Crippen molar-refractivity contribution in [2.45, 2.75) is 25.0 Å². The molecule has 2 fully saturated rings. The number of morpholine rings is 1. The third kappa shape index (κ3) is 4.07. The number of nitrogens with zero attached hydrogens (tertiary/aromatic N) is 7. The molecule has 1 aromatic carbocycles. The van der Waals surface area contributed by atoms with Gasteiger partial charge in [0.05, 0.1) is 25.3 Å². The molecular weight excluding hydrogens is 338 g/mol. The fraction of sp³-hybridized carbons (Fsp3) is 0.562. The number of amides is 1. The van der Waals surface area contributed by atoms with Crippen LogP contribution in [0, 0.1) is 0 Å². The van der Waals surface area contributed by atoms with Gasteiger partial charge in [-0.05, 0) is 34.8 Å². The molecule has 1 aromatic rings. The van der Waals surface area contributed by atoms with Crippen LogP contribution in [-0.2, 0) is 16.0 Å². The third-order valence-electron chi connectivity index (χ3n) is 4.64. The molecule has 2 aliphatic rings. The van der Waals surface area contributed by atoms with Crippen LogP contribution in [0.2, 0.25) is 0 Å². The quantitative estimate of drug-likeness (QED) is 0.463. The molecule has 136 valence electrons. The second-order valence-electron chi connectivity index (χ2n) is 6.34. The van der Waals surface area contributed by atoms with Gasteiger partial charge in [-0.2, -0.15) is 0 Å². The van der Waals surface area contributed by atoms with E-state index in [1.54, 1.807) is 23.1 Å². The van der Waals surface area contributed by atoms with Crippen molar-refractivity contribution in [3.8, 4) is 0 Å². The highest BCUT2D eigenvalue weighted by Gasteiger charge is 2.39. The summed E-state index contributed by atoms with van der Waals surface area (Å²) in [7, 11) is 0. The molecule has 0 aromatic heterocycles. The molecule has 2 aliphatic heterocycles. The van der Waals surface area contributed by atoms with Gasteiger partial charge in [0.25, 0.3) is 5.91 Å². The van der Waals surface area contributed by atoms with Gasteiger partial charge < -0.3 is 14.4 Å². The monoisotopic (exact) mass is 357 g/mol. The van der Waals surface area contributed by atoms with E-state index in [1.807, 2.05) is 0 Å². The van der Waals surface area contributed by atoms with Crippen molar-refractivity contribution in [2.75, 3.05) is 32.9 Å². The molecule has 0 unspecified atom stereocenters. The Morgan fingerprint density at radius 1 is 1.19 bits per heavy atom. The van der Waals surface area contributed by atoms with Crippen LogP contribution in [0.1, 0.15) is 28.8 Å². The van der Waals surface area contributed by atoms with Gasteiger partial charge in [-0.3, -0.25) is 4.79 Å². The summed E-state index contributed by atoms with van der Waals surface area (Å²) in [5.41, 5.74) is 18.2. The molecule has 10 nitrogen and oxygen atoms in total. The van der Waals surface area contributed by atoms with Crippen LogP contribution in [0.5, 0.6) is 0 Å². The van der Waals surface area contributed by atoms with Crippen molar-refractivity contribution in [3.05, 3.63) is 50.2 Å². The Hall–Kier alpha value is -2.77. The lowest BCUT2D eigenvalue weighted by Crippen LogP contribution is -2.55. The van der Waals surface area contributed by atoms with Gasteiger partial charge in [0.15, 0.2) is 0 Å². The highest BCUT2D eigenvalue weighted by atomic mass is 16.5. The molecule has 2 heterocycles. The molecule has 0 radical (unpaired) electrons. The topological polar surface area (TPSA) is 136 Å². The Balaban J connectivity index is 1.84. The first-order valence-corrected chi connectivity index (χ1v) is 8.37. The fourth-order valence-electron chi connectivity index (χ4n) is 3.36. The molecular formula is C16H19N7O3. The van der Waals surface area contributed by atoms with Crippen LogP contribution in [-0.4, -0.2) is 49.3 Å². The molecule has 26 heavy (non-hydrogen) atoms. The first kappa shape index (κ1) is 18.0.